The maximum atomic E-state index is 10.5. The Bertz CT molecular complexity index is 182. The van der Waals surface area contributed by atoms with E-state index in [0.717, 1.165) is 19.4 Å². The molecule has 1 fully saturated rings. The molecule has 2 unspecified atom stereocenters. The number of hydrogen-bond donors (Lipinski definition) is 3. The first-order valence-electron chi connectivity index (χ1n) is 5.10. The summed E-state index contributed by atoms with van der Waals surface area (Å²) in [4.78, 5) is 0. The fourth-order valence-corrected chi connectivity index (χ4v) is 2.16. The van der Waals surface area contributed by atoms with E-state index in [1.807, 2.05) is 20.8 Å². The summed E-state index contributed by atoms with van der Waals surface area (Å²) < 4.78 is 0. The molecule has 3 heteroatoms. The number of rotatable bonds is 2. The number of aliphatic hydroxyl groups is 1. The second-order valence-electron chi connectivity index (χ2n) is 4.79. The van der Waals surface area contributed by atoms with Crippen LogP contribution in [0.3, 0.4) is 0 Å². The lowest BCUT2D eigenvalue weighted by atomic mass is 9.67. The van der Waals surface area contributed by atoms with Gasteiger partial charge in [0.05, 0.1) is 5.60 Å². The van der Waals surface area contributed by atoms with E-state index in [1.54, 1.807) is 0 Å². The molecular weight excluding hydrogens is 164 g/mol. The molecule has 0 saturated carbocycles. The second-order valence-corrected chi connectivity index (χ2v) is 4.79. The summed E-state index contributed by atoms with van der Waals surface area (Å²) in [5.41, 5.74) is 4.84. The van der Waals surface area contributed by atoms with Gasteiger partial charge in [0.25, 0.3) is 0 Å². The molecule has 0 radical (unpaired) electrons. The Morgan fingerprint density at radius 2 is 2.23 bits per heavy atom. The molecule has 78 valence electrons. The predicted molar refractivity (Wildman–Crippen MR) is 54.5 cm³/mol. The van der Waals surface area contributed by atoms with Gasteiger partial charge in [0, 0.05) is 18.0 Å². The summed E-state index contributed by atoms with van der Waals surface area (Å²) in [6, 6.07) is 0.139. The molecular formula is C10H22N2O. The standard InChI is InChI=1S/C10H22N2O/c1-8-10(13,5-4-6-12-8)9(2,3)7-11/h8,12-13H,4-7,11H2,1-3H3. The van der Waals surface area contributed by atoms with Crippen LogP contribution < -0.4 is 11.1 Å². The van der Waals surface area contributed by atoms with Crippen molar-refractivity contribution >= 4 is 0 Å². The molecule has 4 N–H and O–H groups in total. The van der Waals surface area contributed by atoms with Crippen molar-refractivity contribution in [3.8, 4) is 0 Å². The first kappa shape index (κ1) is 11.0. The van der Waals surface area contributed by atoms with Crippen molar-refractivity contribution in [3.05, 3.63) is 0 Å². The Hall–Kier alpha value is -0.120. The van der Waals surface area contributed by atoms with Gasteiger partial charge in [-0.15, -0.1) is 0 Å². The van der Waals surface area contributed by atoms with Crippen molar-refractivity contribution in [2.45, 2.75) is 45.3 Å². The number of nitrogens with two attached hydrogens (primary N) is 1. The van der Waals surface area contributed by atoms with E-state index in [0.29, 0.717) is 6.54 Å². The van der Waals surface area contributed by atoms with Crippen LogP contribution in [0.1, 0.15) is 33.6 Å². The SMILES string of the molecule is CC1NCCCC1(O)C(C)(C)CN. The van der Waals surface area contributed by atoms with Gasteiger partial charge in [-0.3, -0.25) is 0 Å². The lowest BCUT2D eigenvalue weighted by molar-refractivity contribution is -0.105. The average Bonchev–Trinajstić information content (AvgIpc) is 2.10. The van der Waals surface area contributed by atoms with Crippen molar-refractivity contribution in [1.82, 2.24) is 5.32 Å². The van der Waals surface area contributed by atoms with E-state index >= 15 is 0 Å². The van der Waals surface area contributed by atoms with E-state index in [-0.39, 0.29) is 11.5 Å². The molecule has 0 spiro atoms. The maximum absolute atomic E-state index is 10.5. The maximum Gasteiger partial charge on any atom is 0.0860 e. The molecule has 0 aliphatic carbocycles. The molecule has 1 saturated heterocycles. The third kappa shape index (κ3) is 1.73. The summed E-state index contributed by atoms with van der Waals surface area (Å²) in [6.07, 6.45) is 1.88. The van der Waals surface area contributed by atoms with Crippen LogP contribution >= 0.6 is 0 Å². The Morgan fingerprint density at radius 3 is 2.69 bits per heavy atom. The van der Waals surface area contributed by atoms with Gasteiger partial charge in [-0.2, -0.15) is 0 Å². The van der Waals surface area contributed by atoms with Gasteiger partial charge in [0.1, 0.15) is 0 Å². The monoisotopic (exact) mass is 186 g/mol. The minimum absolute atomic E-state index is 0.139. The zero-order valence-corrected chi connectivity index (χ0v) is 8.93. The molecule has 1 rings (SSSR count). The van der Waals surface area contributed by atoms with E-state index in [2.05, 4.69) is 5.32 Å². The van der Waals surface area contributed by atoms with E-state index in [4.69, 9.17) is 5.73 Å². The van der Waals surface area contributed by atoms with E-state index in [9.17, 15) is 5.11 Å². The van der Waals surface area contributed by atoms with Gasteiger partial charge >= 0.3 is 0 Å². The first-order valence-corrected chi connectivity index (χ1v) is 5.10. The normalized spacial score (nSPS) is 36.2. The zero-order valence-electron chi connectivity index (χ0n) is 8.93. The highest BCUT2D eigenvalue weighted by atomic mass is 16.3. The second kappa shape index (κ2) is 3.56. The molecule has 0 bridgehead atoms. The van der Waals surface area contributed by atoms with Crippen LogP contribution in [0.25, 0.3) is 0 Å². The predicted octanol–water partition coefficient (Wildman–Crippen LogP) is 0.474. The summed E-state index contributed by atoms with van der Waals surface area (Å²) >= 11 is 0. The average molecular weight is 186 g/mol. The fraction of sp³-hybridized carbons (Fsp3) is 1.00. The third-order valence-corrected chi connectivity index (χ3v) is 3.58. The molecule has 1 aliphatic heterocycles. The zero-order chi connectivity index (χ0) is 10.1. The number of piperidine rings is 1. The van der Waals surface area contributed by atoms with Crippen molar-refractivity contribution in [3.63, 3.8) is 0 Å². The van der Waals surface area contributed by atoms with Crippen LogP contribution in [-0.2, 0) is 0 Å². The molecule has 13 heavy (non-hydrogen) atoms. The molecule has 0 aromatic rings. The van der Waals surface area contributed by atoms with Crippen LogP contribution in [0.2, 0.25) is 0 Å². The van der Waals surface area contributed by atoms with Crippen LogP contribution in [0.15, 0.2) is 0 Å². The fourth-order valence-electron chi connectivity index (χ4n) is 2.16. The van der Waals surface area contributed by atoms with Crippen molar-refractivity contribution in [1.29, 1.82) is 0 Å². The van der Waals surface area contributed by atoms with Crippen molar-refractivity contribution in [2.24, 2.45) is 11.1 Å². The van der Waals surface area contributed by atoms with Gasteiger partial charge in [-0.05, 0) is 26.3 Å². The van der Waals surface area contributed by atoms with Gasteiger partial charge in [-0.1, -0.05) is 13.8 Å². The molecule has 3 nitrogen and oxygen atoms in total. The molecule has 0 amide bonds. The Morgan fingerprint density at radius 1 is 1.62 bits per heavy atom. The van der Waals surface area contributed by atoms with Gasteiger partial charge in [0.2, 0.25) is 0 Å². The summed E-state index contributed by atoms with van der Waals surface area (Å²) in [6.45, 7) is 7.64. The lowest BCUT2D eigenvalue weighted by Crippen LogP contribution is -2.62. The molecule has 0 aromatic carbocycles. The summed E-state index contributed by atoms with van der Waals surface area (Å²) in [5.74, 6) is 0. The van der Waals surface area contributed by atoms with Gasteiger partial charge < -0.3 is 16.2 Å². The third-order valence-electron chi connectivity index (χ3n) is 3.58. The van der Waals surface area contributed by atoms with Gasteiger partial charge in [-0.25, -0.2) is 0 Å². The molecule has 1 heterocycles. The van der Waals surface area contributed by atoms with Crippen LogP contribution in [-0.4, -0.2) is 29.8 Å². The van der Waals surface area contributed by atoms with Crippen molar-refractivity contribution in [2.75, 3.05) is 13.1 Å². The van der Waals surface area contributed by atoms with E-state index < -0.39 is 5.60 Å². The first-order chi connectivity index (χ1) is 5.94. The van der Waals surface area contributed by atoms with Crippen LogP contribution in [0, 0.1) is 5.41 Å². The molecule has 0 aromatic heterocycles. The summed E-state index contributed by atoms with van der Waals surface area (Å²) in [7, 11) is 0. The Labute approximate surface area is 80.7 Å². The number of nitrogens with one attached hydrogen (secondary N) is 1. The minimum atomic E-state index is -0.653. The Balaban J connectivity index is 2.83. The quantitative estimate of drug-likeness (QED) is 0.588. The smallest absolute Gasteiger partial charge is 0.0860 e. The van der Waals surface area contributed by atoms with Crippen LogP contribution in [0.5, 0.6) is 0 Å². The highest BCUT2D eigenvalue weighted by molar-refractivity contribution is 5.02. The van der Waals surface area contributed by atoms with Crippen LogP contribution in [0.4, 0.5) is 0 Å². The minimum Gasteiger partial charge on any atom is -0.388 e. The van der Waals surface area contributed by atoms with E-state index in [1.165, 1.54) is 0 Å². The highest BCUT2D eigenvalue weighted by Crippen LogP contribution is 2.38. The Kier molecular flexibility index (Phi) is 3.00. The number of hydrogen-bond acceptors (Lipinski definition) is 3. The lowest BCUT2D eigenvalue weighted by Gasteiger charge is -2.49. The molecule has 1 aliphatic rings. The molecule has 2 atom stereocenters. The van der Waals surface area contributed by atoms with Crippen molar-refractivity contribution < 1.29 is 5.11 Å². The van der Waals surface area contributed by atoms with Gasteiger partial charge in [0.15, 0.2) is 0 Å². The highest BCUT2D eigenvalue weighted by Gasteiger charge is 2.47. The largest absolute Gasteiger partial charge is 0.388 e. The topological polar surface area (TPSA) is 58.3 Å². The summed E-state index contributed by atoms with van der Waals surface area (Å²) in [5, 5.41) is 13.8.